The van der Waals surface area contributed by atoms with Gasteiger partial charge in [-0.1, -0.05) is 0 Å². The summed E-state index contributed by atoms with van der Waals surface area (Å²) in [6.45, 7) is -0.329. The van der Waals surface area contributed by atoms with Gasteiger partial charge in [0.15, 0.2) is 6.61 Å². The number of hydrogen-bond acceptors (Lipinski definition) is 7. The van der Waals surface area contributed by atoms with E-state index in [9.17, 15) is 9.59 Å². The minimum atomic E-state index is -0.540. The van der Waals surface area contributed by atoms with E-state index in [0.717, 1.165) is 24.8 Å². The average Bonchev–Trinajstić information content (AvgIpc) is 3.25. The number of aromatic nitrogens is 2. The highest BCUT2D eigenvalue weighted by atomic mass is 32.1. The molecule has 0 saturated carbocycles. The van der Waals surface area contributed by atoms with Crippen LogP contribution in [0.3, 0.4) is 0 Å². The highest BCUT2D eigenvalue weighted by molar-refractivity contribution is 7.18. The molecule has 0 amide bonds. The van der Waals surface area contributed by atoms with Crippen molar-refractivity contribution in [2.75, 3.05) is 13.7 Å². The Morgan fingerprint density at radius 1 is 1.22 bits per heavy atom. The zero-order chi connectivity index (χ0) is 18.8. The van der Waals surface area contributed by atoms with Gasteiger partial charge in [-0.25, -0.2) is 9.78 Å². The number of esters is 1. The minimum Gasteiger partial charge on any atom is -0.497 e. The van der Waals surface area contributed by atoms with Crippen LogP contribution in [0.1, 0.15) is 22.7 Å². The van der Waals surface area contributed by atoms with E-state index in [0.29, 0.717) is 27.5 Å². The minimum absolute atomic E-state index is 0.0987. The Kier molecular flexibility index (Phi) is 4.81. The molecule has 140 valence electrons. The molecule has 1 aromatic carbocycles. The Morgan fingerprint density at radius 3 is 2.78 bits per heavy atom. The van der Waals surface area contributed by atoms with Crippen LogP contribution >= 0.6 is 11.3 Å². The number of fused-ring (bicyclic) bond motifs is 3. The SMILES string of the molecule is COc1ccc(OCC(=O)OCc2nc3sc4c(c3c(=O)[nH]2)CCC4)cc1. The van der Waals surface area contributed by atoms with E-state index in [4.69, 9.17) is 14.2 Å². The van der Waals surface area contributed by atoms with Crippen LogP contribution in [0.5, 0.6) is 11.5 Å². The van der Waals surface area contributed by atoms with Crippen molar-refractivity contribution in [2.45, 2.75) is 25.9 Å². The van der Waals surface area contributed by atoms with Gasteiger partial charge in [0, 0.05) is 4.88 Å². The van der Waals surface area contributed by atoms with Crippen LogP contribution in [-0.4, -0.2) is 29.7 Å². The lowest BCUT2D eigenvalue weighted by atomic mass is 10.2. The van der Waals surface area contributed by atoms with E-state index in [1.807, 2.05) is 0 Å². The summed E-state index contributed by atoms with van der Waals surface area (Å²) < 4.78 is 15.6. The van der Waals surface area contributed by atoms with Crippen molar-refractivity contribution in [1.29, 1.82) is 0 Å². The smallest absolute Gasteiger partial charge is 0.344 e. The van der Waals surface area contributed by atoms with E-state index in [-0.39, 0.29) is 18.8 Å². The molecule has 0 fully saturated rings. The van der Waals surface area contributed by atoms with Crippen molar-refractivity contribution in [3.63, 3.8) is 0 Å². The number of rotatable bonds is 6. The third-order valence-electron chi connectivity index (χ3n) is 4.41. The molecule has 0 spiro atoms. The van der Waals surface area contributed by atoms with Crippen LogP contribution < -0.4 is 15.0 Å². The normalized spacial score (nSPS) is 12.8. The number of hydrogen-bond donors (Lipinski definition) is 1. The first-order valence-electron chi connectivity index (χ1n) is 8.60. The molecule has 7 nitrogen and oxygen atoms in total. The van der Waals surface area contributed by atoms with Gasteiger partial charge in [-0.05, 0) is 49.1 Å². The predicted molar refractivity (Wildman–Crippen MR) is 101 cm³/mol. The van der Waals surface area contributed by atoms with Crippen molar-refractivity contribution >= 4 is 27.5 Å². The number of aryl methyl sites for hydroxylation is 2. The molecule has 3 aromatic rings. The second-order valence-electron chi connectivity index (χ2n) is 6.18. The summed E-state index contributed by atoms with van der Waals surface area (Å²) in [7, 11) is 1.58. The van der Waals surface area contributed by atoms with Crippen molar-refractivity contribution in [3.8, 4) is 11.5 Å². The van der Waals surface area contributed by atoms with E-state index in [1.165, 1.54) is 4.88 Å². The molecule has 8 heteroatoms. The van der Waals surface area contributed by atoms with Crippen LogP contribution in [0, 0.1) is 0 Å². The monoisotopic (exact) mass is 386 g/mol. The molecule has 27 heavy (non-hydrogen) atoms. The summed E-state index contributed by atoms with van der Waals surface area (Å²) in [5, 5.41) is 0.686. The Bertz CT molecular complexity index is 1040. The molecule has 2 aromatic heterocycles. The molecule has 2 heterocycles. The summed E-state index contributed by atoms with van der Waals surface area (Å²) in [4.78, 5) is 33.4. The van der Waals surface area contributed by atoms with E-state index in [2.05, 4.69) is 9.97 Å². The lowest BCUT2D eigenvalue weighted by Gasteiger charge is -2.07. The first-order valence-corrected chi connectivity index (χ1v) is 9.41. The second kappa shape index (κ2) is 7.40. The van der Waals surface area contributed by atoms with E-state index < -0.39 is 5.97 Å². The van der Waals surface area contributed by atoms with Crippen LogP contribution in [-0.2, 0) is 29.0 Å². The summed E-state index contributed by atoms with van der Waals surface area (Å²) in [5.41, 5.74) is 0.958. The highest BCUT2D eigenvalue weighted by Crippen LogP contribution is 2.34. The van der Waals surface area contributed by atoms with Crippen molar-refractivity contribution < 1.29 is 19.0 Å². The van der Waals surface area contributed by atoms with Gasteiger partial charge >= 0.3 is 5.97 Å². The Balaban J connectivity index is 1.36. The Hall–Kier alpha value is -2.87. The predicted octanol–water partition coefficient (Wildman–Crippen LogP) is 2.60. The summed E-state index contributed by atoms with van der Waals surface area (Å²) in [6.07, 6.45) is 3.02. The maximum atomic E-state index is 12.4. The quantitative estimate of drug-likeness (QED) is 0.655. The zero-order valence-electron chi connectivity index (χ0n) is 14.7. The van der Waals surface area contributed by atoms with Crippen LogP contribution in [0.2, 0.25) is 0 Å². The number of methoxy groups -OCH3 is 1. The van der Waals surface area contributed by atoms with E-state index in [1.54, 1.807) is 42.7 Å². The molecule has 1 aliphatic rings. The number of carbonyl (C=O) groups excluding carboxylic acids is 1. The standard InChI is InChI=1S/C19H18N2O5S/c1-24-11-5-7-12(8-6-11)25-10-16(22)26-9-15-20-18(23)17-13-3-2-4-14(13)27-19(17)21-15/h5-8H,2-4,9-10H2,1H3,(H,20,21,23). The van der Waals surface area contributed by atoms with Crippen molar-refractivity contribution in [2.24, 2.45) is 0 Å². The third-order valence-corrected chi connectivity index (χ3v) is 5.60. The number of benzene rings is 1. The van der Waals surface area contributed by atoms with Gasteiger partial charge in [0.1, 0.15) is 28.8 Å². The fourth-order valence-corrected chi connectivity index (χ4v) is 4.40. The number of aromatic amines is 1. The third kappa shape index (κ3) is 3.66. The molecule has 1 aliphatic carbocycles. The molecular formula is C19H18N2O5S. The van der Waals surface area contributed by atoms with Crippen LogP contribution in [0.25, 0.3) is 10.2 Å². The number of nitrogens with one attached hydrogen (secondary N) is 1. The molecule has 0 atom stereocenters. The number of nitrogens with zero attached hydrogens (tertiary/aromatic N) is 1. The molecule has 0 saturated heterocycles. The highest BCUT2D eigenvalue weighted by Gasteiger charge is 2.21. The molecule has 0 bridgehead atoms. The lowest BCUT2D eigenvalue weighted by molar-refractivity contribution is -0.147. The van der Waals surface area contributed by atoms with Gasteiger partial charge < -0.3 is 19.2 Å². The molecule has 0 radical (unpaired) electrons. The first kappa shape index (κ1) is 17.5. The molecule has 0 unspecified atom stereocenters. The number of H-pyrrole nitrogens is 1. The van der Waals surface area contributed by atoms with Crippen LogP contribution in [0.4, 0.5) is 0 Å². The van der Waals surface area contributed by atoms with Gasteiger partial charge in [-0.3, -0.25) is 4.79 Å². The number of carbonyl (C=O) groups is 1. The maximum absolute atomic E-state index is 12.4. The largest absolute Gasteiger partial charge is 0.497 e. The topological polar surface area (TPSA) is 90.5 Å². The fraction of sp³-hybridized carbons (Fsp3) is 0.316. The van der Waals surface area contributed by atoms with Gasteiger partial charge in [0.2, 0.25) is 0 Å². The maximum Gasteiger partial charge on any atom is 0.344 e. The fourth-order valence-electron chi connectivity index (χ4n) is 3.12. The zero-order valence-corrected chi connectivity index (χ0v) is 15.6. The molecule has 4 rings (SSSR count). The Labute approximate surface area is 158 Å². The van der Waals surface area contributed by atoms with Gasteiger partial charge in [-0.15, -0.1) is 11.3 Å². The average molecular weight is 386 g/mol. The summed E-state index contributed by atoms with van der Waals surface area (Å²) >= 11 is 1.55. The second-order valence-corrected chi connectivity index (χ2v) is 7.26. The van der Waals surface area contributed by atoms with Gasteiger partial charge in [0.25, 0.3) is 5.56 Å². The van der Waals surface area contributed by atoms with E-state index >= 15 is 0 Å². The number of ether oxygens (including phenoxy) is 3. The van der Waals surface area contributed by atoms with Crippen molar-refractivity contribution in [3.05, 3.63) is 50.9 Å². The summed E-state index contributed by atoms with van der Waals surface area (Å²) in [5.74, 6) is 1.04. The first-order chi connectivity index (χ1) is 13.1. The molecule has 1 N–H and O–H groups in total. The molecular weight excluding hydrogens is 368 g/mol. The number of thiophene rings is 1. The Morgan fingerprint density at radius 2 is 2.00 bits per heavy atom. The van der Waals surface area contributed by atoms with Crippen molar-refractivity contribution in [1.82, 2.24) is 9.97 Å². The van der Waals surface area contributed by atoms with Gasteiger partial charge in [0.05, 0.1) is 12.5 Å². The lowest BCUT2D eigenvalue weighted by Crippen LogP contribution is -2.18. The molecule has 0 aliphatic heterocycles. The summed E-state index contributed by atoms with van der Waals surface area (Å²) in [6, 6.07) is 6.88. The van der Waals surface area contributed by atoms with Crippen LogP contribution in [0.15, 0.2) is 29.1 Å². The van der Waals surface area contributed by atoms with Gasteiger partial charge in [-0.2, -0.15) is 0 Å².